The zero-order valence-corrected chi connectivity index (χ0v) is 16.0. The van der Waals surface area contributed by atoms with Crippen molar-refractivity contribution >= 4 is 21.8 Å². The van der Waals surface area contributed by atoms with Crippen LogP contribution in [0.3, 0.4) is 0 Å². The summed E-state index contributed by atoms with van der Waals surface area (Å²) < 4.78 is 33.5. The summed E-state index contributed by atoms with van der Waals surface area (Å²) in [6, 6.07) is 14.1. The van der Waals surface area contributed by atoms with Crippen molar-refractivity contribution in [3.63, 3.8) is 0 Å². The number of fused-ring (bicyclic) bond motifs is 1. The van der Waals surface area contributed by atoms with Gasteiger partial charge in [-0.2, -0.15) is 8.42 Å². The Hall–Kier alpha value is -2.87. The Bertz CT molecular complexity index is 986. The fraction of sp³-hybridized carbons (Fsp3) is 0.263. The molecule has 0 fully saturated rings. The number of rotatable bonds is 6. The van der Waals surface area contributed by atoms with Crippen LogP contribution in [0.5, 0.6) is 5.75 Å². The van der Waals surface area contributed by atoms with Crippen LogP contribution in [-0.4, -0.2) is 45.3 Å². The molecule has 1 aliphatic rings. The van der Waals surface area contributed by atoms with Crippen molar-refractivity contribution in [3.8, 4) is 5.75 Å². The zero-order valence-electron chi connectivity index (χ0n) is 15.2. The highest BCUT2D eigenvalue weighted by Crippen LogP contribution is 2.26. The van der Waals surface area contributed by atoms with Gasteiger partial charge >= 0.3 is 0 Å². The smallest absolute Gasteiger partial charge is 0.285 e. The number of amidine groups is 1. The van der Waals surface area contributed by atoms with E-state index in [2.05, 4.69) is 9.71 Å². The first-order valence-corrected chi connectivity index (χ1v) is 9.98. The number of carbonyl (C=O) groups is 1. The van der Waals surface area contributed by atoms with Gasteiger partial charge in [-0.1, -0.05) is 24.3 Å². The summed E-state index contributed by atoms with van der Waals surface area (Å²) in [6.07, 6.45) is 0. The number of hydrogen-bond acceptors (Lipinski definition) is 5. The summed E-state index contributed by atoms with van der Waals surface area (Å²) in [7, 11) is -2.06. The predicted octanol–water partition coefficient (Wildman–Crippen LogP) is 1.78. The van der Waals surface area contributed by atoms with E-state index in [-0.39, 0.29) is 23.2 Å². The highest BCUT2D eigenvalue weighted by Gasteiger charge is 2.30. The van der Waals surface area contributed by atoms with Crippen LogP contribution in [0.15, 0.2) is 57.8 Å². The quantitative estimate of drug-likeness (QED) is 0.816. The topological polar surface area (TPSA) is 88.1 Å². The van der Waals surface area contributed by atoms with E-state index in [9.17, 15) is 13.2 Å². The lowest BCUT2D eigenvalue weighted by Gasteiger charge is -2.18. The SMILES string of the molecule is CCOc1cccc(CNC(=O)CN(C)C2=NS(=O)(=O)c3ccccc32)c1. The van der Waals surface area contributed by atoms with E-state index in [4.69, 9.17) is 4.74 Å². The first-order chi connectivity index (χ1) is 12.9. The van der Waals surface area contributed by atoms with Gasteiger partial charge in [-0.15, -0.1) is 4.40 Å². The van der Waals surface area contributed by atoms with Crippen molar-refractivity contribution in [2.75, 3.05) is 20.2 Å². The molecule has 1 N–H and O–H groups in total. The molecule has 0 atom stereocenters. The Morgan fingerprint density at radius 3 is 2.74 bits per heavy atom. The molecule has 2 aromatic carbocycles. The maximum atomic E-state index is 12.3. The number of amides is 1. The van der Waals surface area contributed by atoms with Crippen molar-refractivity contribution in [2.45, 2.75) is 18.4 Å². The first-order valence-electron chi connectivity index (χ1n) is 8.54. The van der Waals surface area contributed by atoms with Crippen molar-refractivity contribution in [1.82, 2.24) is 10.2 Å². The maximum absolute atomic E-state index is 12.3. The minimum Gasteiger partial charge on any atom is -0.494 e. The molecule has 0 aromatic heterocycles. The van der Waals surface area contributed by atoms with Gasteiger partial charge in [-0.05, 0) is 36.8 Å². The summed E-state index contributed by atoms with van der Waals surface area (Å²) >= 11 is 0. The van der Waals surface area contributed by atoms with E-state index in [0.717, 1.165) is 11.3 Å². The number of sulfonamides is 1. The molecule has 0 saturated heterocycles. The molecular weight excluding hydrogens is 366 g/mol. The Morgan fingerprint density at radius 2 is 1.96 bits per heavy atom. The molecule has 142 valence electrons. The third-order valence-corrected chi connectivity index (χ3v) is 5.38. The lowest BCUT2D eigenvalue weighted by molar-refractivity contribution is -0.121. The monoisotopic (exact) mass is 387 g/mol. The normalized spacial score (nSPS) is 14.2. The summed E-state index contributed by atoms with van der Waals surface area (Å²) in [5.74, 6) is 0.798. The highest BCUT2D eigenvalue weighted by molar-refractivity contribution is 7.90. The zero-order chi connectivity index (χ0) is 19.4. The Balaban J connectivity index is 1.63. The number of likely N-dealkylation sites (N-methyl/N-ethyl adjacent to an activating group) is 1. The van der Waals surface area contributed by atoms with Gasteiger partial charge in [-0.25, -0.2) is 0 Å². The summed E-state index contributed by atoms with van der Waals surface area (Å²) in [5.41, 5.74) is 1.43. The van der Waals surface area contributed by atoms with Crippen LogP contribution in [0.1, 0.15) is 18.1 Å². The van der Waals surface area contributed by atoms with E-state index in [1.165, 1.54) is 11.0 Å². The van der Waals surface area contributed by atoms with E-state index in [1.54, 1.807) is 25.2 Å². The molecule has 7 nitrogen and oxygen atoms in total. The maximum Gasteiger partial charge on any atom is 0.285 e. The number of hydrogen-bond donors (Lipinski definition) is 1. The highest BCUT2D eigenvalue weighted by atomic mass is 32.2. The van der Waals surface area contributed by atoms with Gasteiger partial charge in [0.1, 0.15) is 10.6 Å². The second-order valence-electron chi connectivity index (χ2n) is 6.10. The number of ether oxygens (including phenoxy) is 1. The van der Waals surface area contributed by atoms with Crippen LogP contribution < -0.4 is 10.1 Å². The molecule has 0 unspecified atom stereocenters. The lowest BCUT2D eigenvalue weighted by atomic mass is 10.2. The Morgan fingerprint density at radius 1 is 1.19 bits per heavy atom. The summed E-state index contributed by atoms with van der Waals surface area (Å²) in [6.45, 7) is 2.84. The third-order valence-electron chi connectivity index (χ3n) is 4.05. The lowest BCUT2D eigenvalue weighted by Crippen LogP contribution is -2.38. The predicted molar refractivity (Wildman–Crippen MR) is 102 cm³/mol. The minimum atomic E-state index is -3.70. The first kappa shape index (κ1) is 18.9. The second kappa shape index (κ2) is 7.79. The molecule has 1 amide bonds. The van der Waals surface area contributed by atoms with Gasteiger partial charge in [0.2, 0.25) is 5.91 Å². The van der Waals surface area contributed by atoms with Crippen molar-refractivity contribution in [1.29, 1.82) is 0 Å². The molecule has 27 heavy (non-hydrogen) atoms. The molecule has 1 aliphatic heterocycles. The average Bonchev–Trinajstić information content (AvgIpc) is 2.92. The Labute approximate surface area is 158 Å². The molecule has 3 rings (SSSR count). The van der Waals surface area contributed by atoms with E-state index in [1.807, 2.05) is 31.2 Å². The van der Waals surface area contributed by atoms with Crippen LogP contribution >= 0.6 is 0 Å². The number of carbonyl (C=O) groups excluding carboxylic acids is 1. The van der Waals surface area contributed by atoms with Gasteiger partial charge in [-0.3, -0.25) is 4.79 Å². The number of nitrogens with one attached hydrogen (secondary N) is 1. The molecule has 0 saturated carbocycles. The van der Waals surface area contributed by atoms with Gasteiger partial charge in [0.05, 0.1) is 13.2 Å². The third kappa shape index (κ3) is 4.28. The molecule has 1 heterocycles. The molecule has 0 aliphatic carbocycles. The minimum absolute atomic E-state index is 0.00611. The molecule has 0 spiro atoms. The standard InChI is InChI=1S/C19H21N3O4S/c1-3-26-15-8-6-7-14(11-15)12-20-18(23)13-22(2)19-16-9-4-5-10-17(16)27(24,25)21-19/h4-11H,3,12-13H2,1-2H3,(H,20,23). The van der Waals surface area contributed by atoms with Crippen LogP contribution in [-0.2, 0) is 21.4 Å². The fourth-order valence-electron chi connectivity index (χ4n) is 2.82. The molecule has 8 heteroatoms. The molecule has 0 radical (unpaired) electrons. The summed E-state index contributed by atoms with van der Waals surface area (Å²) in [5, 5.41) is 2.83. The number of benzene rings is 2. The Kier molecular flexibility index (Phi) is 5.46. The van der Waals surface area contributed by atoms with Crippen LogP contribution in [0.4, 0.5) is 0 Å². The largest absolute Gasteiger partial charge is 0.494 e. The van der Waals surface area contributed by atoms with Gasteiger partial charge in [0, 0.05) is 19.2 Å². The second-order valence-corrected chi connectivity index (χ2v) is 7.67. The van der Waals surface area contributed by atoms with E-state index >= 15 is 0 Å². The average molecular weight is 387 g/mol. The van der Waals surface area contributed by atoms with Crippen molar-refractivity contribution < 1.29 is 17.9 Å². The molecule has 2 aromatic rings. The van der Waals surface area contributed by atoms with E-state index in [0.29, 0.717) is 18.7 Å². The van der Waals surface area contributed by atoms with Crippen LogP contribution in [0.2, 0.25) is 0 Å². The van der Waals surface area contributed by atoms with E-state index < -0.39 is 10.0 Å². The van der Waals surface area contributed by atoms with Gasteiger partial charge in [0.15, 0.2) is 5.84 Å². The summed E-state index contributed by atoms with van der Waals surface area (Å²) in [4.78, 5) is 14.0. The van der Waals surface area contributed by atoms with Gasteiger partial charge in [0.25, 0.3) is 10.0 Å². The van der Waals surface area contributed by atoms with Crippen molar-refractivity contribution in [3.05, 3.63) is 59.7 Å². The van der Waals surface area contributed by atoms with Gasteiger partial charge < -0.3 is 15.0 Å². The molecular formula is C19H21N3O4S. The van der Waals surface area contributed by atoms with Crippen LogP contribution in [0, 0.1) is 0 Å². The molecule has 0 bridgehead atoms. The van der Waals surface area contributed by atoms with Crippen molar-refractivity contribution in [2.24, 2.45) is 4.40 Å². The fourth-order valence-corrected chi connectivity index (χ4v) is 4.07. The number of nitrogens with zero attached hydrogens (tertiary/aromatic N) is 2. The van der Waals surface area contributed by atoms with Crippen LogP contribution in [0.25, 0.3) is 0 Å².